The number of aliphatic hydroxyl groups is 1. The van der Waals surface area contributed by atoms with Crippen LogP contribution in [-0.4, -0.2) is 17.0 Å². The summed E-state index contributed by atoms with van der Waals surface area (Å²) in [7, 11) is 0. The summed E-state index contributed by atoms with van der Waals surface area (Å²) in [4.78, 5) is 11.6. The van der Waals surface area contributed by atoms with Gasteiger partial charge in [-0.1, -0.05) is 13.0 Å². The summed E-state index contributed by atoms with van der Waals surface area (Å²) in [6.45, 7) is 2.20. The molecule has 4 saturated carbocycles. The van der Waals surface area contributed by atoms with Gasteiger partial charge < -0.3 is 9.90 Å². The Morgan fingerprint density at radius 1 is 1.32 bits per heavy atom. The first-order valence-electron chi connectivity index (χ1n) is 8.62. The predicted octanol–water partition coefficient (Wildman–Crippen LogP) is 3.95. The molecule has 0 radical (unpaired) electrons. The van der Waals surface area contributed by atoms with Crippen molar-refractivity contribution in [2.45, 2.75) is 57.5 Å². The number of aldehydes is 1. The molecule has 5 rings (SSSR count). The van der Waals surface area contributed by atoms with Gasteiger partial charge in [0.2, 0.25) is 0 Å². The number of carbonyl (C=O) groups excluding carboxylic acids is 1. The Balaban J connectivity index is 1.78. The van der Waals surface area contributed by atoms with Gasteiger partial charge in [0.05, 0.1) is 5.60 Å². The Morgan fingerprint density at radius 3 is 2.50 bits per heavy atom. The molecule has 5 aliphatic carbocycles. The van der Waals surface area contributed by atoms with E-state index in [4.69, 9.17) is 0 Å². The molecule has 0 heterocycles. The molecule has 120 valence electrons. The van der Waals surface area contributed by atoms with Crippen molar-refractivity contribution in [2.75, 3.05) is 0 Å². The van der Waals surface area contributed by atoms with Crippen LogP contribution in [0.25, 0.3) is 0 Å². The molecule has 3 heteroatoms. The maximum Gasteiger partial charge on any atom is 0.120 e. The topological polar surface area (TPSA) is 37.3 Å². The maximum atomic E-state index is 13.5. The third-order valence-corrected chi connectivity index (χ3v) is 7.43. The Hall–Kier alpha value is -0.960. The highest BCUT2D eigenvalue weighted by Crippen LogP contribution is 2.71. The highest BCUT2D eigenvalue weighted by atomic mass is 19.1. The summed E-state index contributed by atoms with van der Waals surface area (Å²) in [5.41, 5.74) is -0.785. The average Bonchev–Trinajstić information content (AvgIpc) is 2.44. The molecular weight excluding hydrogens is 279 g/mol. The fraction of sp³-hybridized carbons (Fsp3) is 0.737. The molecule has 0 amide bonds. The molecule has 1 N–H and O–H groups in total. The second kappa shape index (κ2) is 4.53. The van der Waals surface area contributed by atoms with Crippen molar-refractivity contribution in [3.8, 4) is 0 Å². The normalized spacial score (nSPS) is 52.7. The molecule has 5 aliphatic rings. The molecule has 2 unspecified atom stereocenters. The van der Waals surface area contributed by atoms with Crippen molar-refractivity contribution in [3.63, 3.8) is 0 Å². The van der Waals surface area contributed by atoms with E-state index in [1.165, 1.54) is 0 Å². The SMILES string of the molecule is C[C@]1(C2(CC=O)C3CC4CC2CC(O)(C4)C3)C=CC(F)=CC1. The lowest BCUT2D eigenvalue weighted by Crippen LogP contribution is -2.64. The van der Waals surface area contributed by atoms with E-state index in [9.17, 15) is 14.3 Å². The van der Waals surface area contributed by atoms with Gasteiger partial charge in [0.25, 0.3) is 0 Å². The zero-order chi connectivity index (χ0) is 15.6. The third kappa shape index (κ3) is 1.78. The number of allylic oxidation sites excluding steroid dienone is 4. The van der Waals surface area contributed by atoms with Crippen LogP contribution in [0.1, 0.15) is 51.9 Å². The van der Waals surface area contributed by atoms with Gasteiger partial charge in [-0.15, -0.1) is 0 Å². The van der Waals surface area contributed by atoms with Gasteiger partial charge in [0.15, 0.2) is 0 Å². The van der Waals surface area contributed by atoms with Gasteiger partial charge >= 0.3 is 0 Å². The molecule has 4 bridgehead atoms. The number of carbonyl (C=O) groups is 1. The van der Waals surface area contributed by atoms with Crippen LogP contribution < -0.4 is 0 Å². The summed E-state index contributed by atoms with van der Waals surface area (Å²) < 4.78 is 13.5. The molecule has 0 aliphatic heterocycles. The summed E-state index contributed by atoms with van der Waals surface area (Å²) in [5, 5.41) is 10.8. The molecule has 2 nitrogen and oxygen atoms in total. The summed E-state index contributed by atoms with van der Waals surface area (Å²) in [5.74, 6) is 1.23. The lowest BCUT2D eigenvalue weighted by Gasteiger charge is -2.68. The van der Waals surface area contributed by atoms with Crippen LogP contribution in [0.15, 0.2) is 24.1 Å². The van der Waals surface area contributed by atoms with E-state index in [-0.39, 0.29) is 16.7 Å². The second-order valence-electron chi connectivity index (χ2n) is 8.52. The predicted molar refractivity (Wildman–Crippen MR) is 82.7 cm³/mol. The van der Waals surface area contributed by atoms with Crippen LogP contribution in [0.2, 0.25) is 0 Å². The minimum absolute atomic E-state index is 0.106. The zero-order valence-electron chi connectivity index (χ0n) is 13.2. The largest absolute Gasteiger partial charge is 0.390 e. The average molecular weight is 304 g/mol. The fourth-order valence-electron chi connectivity index (χ4n) is 6.75. The van der Waals surface area contributed by atoms with Crippen LogP contribution in [0.5, 0.6) is 0 Å². The molecule has 0 spiro atoms. The quantitative estimate of drug-likeness (QED) is 0.802. The van der Waals surface area contributed by atoms with Gasteiger partial charge in [0.1, 0.15) is 12.1 Å². The second-order valence-corrected chi connectivity index (χ2v) is 8.52. The molecule has 0 saturated heterocycles. The van der Waals surface area contributed by atoms with Crippen LogP contribution >= 0.6 is 0 Å². The molecular formula is C19H25FO2. The fourth-order valence-corrected chi connectivity index (χ4v) is 6.75. The van der Waals surface area contributed by atoms with Crippen molar-refractivity contribution in [2.24, 2.45) is 28.6 Å². The van der Waals surface area contributed by atoms with Crippen molar-refractivity contribution in [1.82, 2.24) is 0 Å². The van der Waals surface area contributed by atoms with Crippen molar-refractivity contribution in [1.29, 1.82) is 0 Å². The van der Waals surface area contributed by atoms with Crippen LogP contribution in [0.3, 0.4) is 0 Å². The van der Waals surface area contributed by atoms with Crippen molar-refractivity contribution < 1.29 is 14.3 Å². The standard InChI is InChI=1S/C19H25FO2/c1-17(4-2-16(20)3-5-17)19(6-7-21)14-8-13-9-15(19)12-18(22,10-13)11-14/h2-4,7,13-15,22H,5-6,8-12H2,1H3/t13?,14?,15?,17-,18?,19?/m0/s1. The molecule has 3 atom stereocenters. The Bertz CT molecular complexity index is 548. The molecule has 0 aromatic rings. The van der Waals surface area contributed by atoms with E-state index in [1.54, 1.807) is 12.2 Å². The van der Waals surface area contributed by atoms with Gasteiger partial charge in [-0.25, -0.2) is 4.39 Å². The monoisotopic (exact) mass is 304 g/mol. The first-order chi connectivity index (χ1) is 10.4. The summed E-state index contributed by atoms with van der Waals surface area (Å²) in [6, 6.07) is 0. The van der Waals surface area contributed by atoms with Gasteiger partial charge in [-0.2, -0.15) is 0 Å². The third-order valence-electron chi connectivity index (χ3n) is 7.43. The first-order valence-corrected chi connectivity index (χ1v) is 8.62. The Labute approximate surface area is 131 Å². The number of hydrogen-bond donors (Lipinski definition) is 1. The minimum atomic E-state index is -0.501. The smallest absolute Gasteiger partial charge is 0.120 e. The summed E-state index contributed by atoms with van der Waals surface area (Å²) in [6.07, 6.45) is 12.4. The van der Waals surface area contributed by atoms with Crippen LogP contribution in [-0.2, 0) is 4.79 Å². The van der Waals surface area contributed by atoms with E-state index < -0.39 is 5.60 Å². The van der Waals surface area contributed by atoms with Crippen LogP contribution in [0, 0.1) is 28.6 Å². The molecule has 22 heavy (non-hydrogen) atoms. The minimum Gasteiger partial charge on any atom is -0.390 e. The summed E-state index contributed by atoms with van der Waals surface area (Å²) >= 11 is 0. The highest BCUT2D eigenvalue weighted by Gasteiger charge is 2.66. The van der Waals surface area contributed by atoms with Gasteiger partial charge in [0, 0.05) is 6.42 Å². The zero-order valence-corrected chi connectivity index (χ0v) is 13.2. The Morgan fingerprint density at radius 2 is 2.00 bits per heavy atom. The van der Waals surface area contributed by atoms with E-state index in [1.807, 2.05) is 6.08 Å². The highest BCUT2D eigenvalue weighted by molar-refractivity contribution is 5.52. The van der Waals surface area contributed by atoms with E-state index in [2.05, 4.69) is 6.92 Å². The van der Waals surface area contributed by atoms with E-state index in [0.717, 1.165) is 38.4 Å². The molecule has 0 aromatic carbocycles. The van der Waals surface area contributed by atoms with Crippen molar-refractivity contribution in [3.05, 3.63) is 24.1 Å². The van der Waals surface area contributed by atoms with E-state index >= 15 is 0 Å². The number of rotatable bonds is 3. The number of halogens is 1. The molecule has 4 fully saturated rings. The number of hydrogen-bond acceptors (Lipinski definition) is 2. The van der Waals surface area contributed by atoms with Gasteiger partial charge in [-0.3, -0.25) is 0 Å². The Kier molecular flexibility index (Phi) is 3.01. The lowest BCUT2D eigenvalue weighted by atomic mass is 9.37. The first kappa shape index (κ1) is 14.6. The van der Waals surface area contributed by atoms with Crippen molar-refractivity contribution >= 4 is 6.29 Å². The lowest BCUT2D eigenvalue weighted by molar-refractivity contribution is -0.221. The van der Waals surface area contributed by atoms with Gasteiger partial charge in [-0.05, 0) is 79.3 Å². The van der Waals surface area contributed by atoms with E-state index in [0.29, 0.717) is 30.6 Å². The maximum absolute atomic E-state index is 13.5. The molecule has 0 aromatic heterocycles. The van der Waals surface area contributed by atoms with Crippen LogP contribution in [0.4, 0.5) is 4.39 Å².